The van der Waals surface area contributed by atoms with Crippen molar-refractivity contribution < 1.29 is 10.6 Å². The summed E-state index contributed by atoms with van der Waals surface area (Å²) >= 11 is 0.989. The van der Waals surface area contributed by atoms with E-state index in [1.807, 2.05) is 24.0 Å². The highest BCUT2D eigenvalue weighted by molar-refractivity contribution is 7.94. The van der Waals surface area contributed by atoms with E-state index in [1.165, 1.54) is 0 Å². The van der Waals surface area contributed by atoms with Gasteiger partial charge in [-0.25, -0.2) is 9.97 Å². The lowest BCUT2D eigenvalue weighted by Crippen LogP contribution is -2.39. The summed E-state index contributed by atoms with van der Waals surface area (Å²) in [6.07, 6.45) is 8.25. The molecule has 1 heterocycles. The van der Waals surface area contributed by atoms with Crippen LogP contribution in [0.1, 0.15) is 20.3 Å². The maximum absolute atomic E-state index is 9.46. The van der Waals surface area contributed by atoms with Gasteiger partial charge in [0.2, 0.25) is 0 Å². The van der Waals surface area contributed by atoms with Gasteiger partial charge in [0.1, 0.15) is 0 Å². The zero-order valence-electron chi connectivity index (χ0n) is 12.5. The monoisotopic (exact) mass is 283 g/mol. The predicted octanol–water partition coefficient (Wildman–Crippen LogP) is 1.97. The van der Waals surface area contributed by atoms with Crippen molar-refractivity contribution in [1.82, 2.24) is 14.8 Å². The lowest BCUT2D eigenvalue weighted by atomic mass is 9.84. The summed E-state index contributed by atoms with van der Waals surface area (Å²) in [7, 11) is 1.44. The Labute approximate surface area is 120 Å². The van der Waals surface area contributed by atoms with Gasteiger partial charge in [0.25, 0.3) is 0 Å². The van der Waals surface area contributed by atoms with Gasteiger partial charge in [-0.2, -0.15) is 0 Å². The van der Waals surface area contributed by atoms with E-state index in [-0.39, 0.29) is 18.3 Å². The molecule has 0 aliphatic rings. The minimum atomic E-state index is -0.451. The Morgan fingerprint density at radius 3 is 2.89 bits per heavy atom. The molecule has 0 saturated carbocycles. The van der Waals surface area contributed by atoms with Crippen LogP contribution in [0.4, 0.5) is 0 Å². The van der Waals surface area contributed by atoms with Crippen molar-refractivity contribution in [3.05, 3.63) is 24.0 Å². The SMILES string of the molecule is [3H]CSOc1ncc(C=CC[C@H](C)N(C)B(C)O)cn1. The Balaban J connectivity index is 2.46. The molecule has 1 aromatic heterocycles. The summed E-state index contributed by atoms with van der Waals surface area (Å²) in [5, 5.41) is 9.46. The van der Waals surface area contributed by atoms with E-state index >= 15 is 0 Å². The summed E-state index contributed by atoms with van der Waals surface area (Å²) < 4.78 is 12.0. The number of aromatic nitrogens is 2. The molecule has 0 amide bonds. The van der Waals surface area contributed by atoms with Crippen LogP contribution in [0.25, 0.3) is 6.08 Å². The van der Waals surface area contributed by atoms with Gasteiger partial charge in [-0.05, 0) is 20.3 Å². The van der Waals surface area contributed by atoms with E-state index < -0.39 is 7.05 Å². The molecule has 0 bridgehead atoms. The van der Waals surface area contributed by atoms with Crippen LogP contribution < -0.4 is 4.18 Å². The van der Waals surface area contributed by atoms with Gasteiger partial charge in [-0.1, -0.05) is 19.1 Å². The van der Waals surface area contributed by atoms with E-state index in [4.69, 9.17) is 5.55 Å². The van der Waals surface area contributed by atoms with E-state index in [1.54, 1.807) is 19.2 Å². The molecule has 1 N–H and O–H groups in total. The molecule has 104 valence electrons. The molecule has 19 heavy (non-hydrogen) atoms. The number of hydrogen-bond acceptors (Lipinski definition) is 6. The smallest absolute Gasteiger partial charge is 0.376 e. The maximum Gasteiger partial charge on any atom is 0.376 e. The molecule has 5 nitrogen and oxygen atoms in total. The minimum absolute atomic E-state index is 0.111. The fraction of sp³-hybridized carbons (Fsp3) is 0.500. The molecule has 1 rings (SSSR count). The van der Waals surface area contributed by atoms with Gasteiger partial charge in [0, 0.05) is 31.6 Å². The highest BCUT2D eigenvalue weighted by atomic mass is 32.2. The molecular weight excluding hydrogens is 261 g/mol. The molecule has 0 saturated heterocycles. The van der Waals surface area contributed by atoms with Gasteiger partial charge in [0.15, 0.2) is 0 Å². The highest BCUT2D eigenvalue weighted by Crippen LogP contribution is 2.10. The lowest BCUT2D eigenvalue weighted by molar-refractivity contribution is 0.349. The van der Waals surface area contributed by atoms with E-state index in [9.17, 15) is 5.02 Å². The molecule has 0 aliphatic carbocycles. The Kier molecular flexibility index (Phi) is 6.19. The maximum atomic E-state index is 9.46. The van der Waals surface area contributed by atoms with E-state index in [0.717, 1.165) is 24.0 Å². The minimum Gasteiger partial charge on any atom is -0.437 e. The van der Waals surface area contributed by atoms with Crippen molar-refractivity contribution in [2.45, 2.75) is 26.2 Å². The molecule has 7 heteroatoms. The van der Waals surface area contributed by atoms with Gasteiger partial charge < -0.3 is 14.0 Å². The Morgan fingerprint density at radius 2 is 2.32 bits per heavy atom. The molecular formula is C12H20BN3O2S. The van der Waals surface area contributed by atoms with Crippen LogP contribution in [0, 0.1) is 0 Å². The molecule has 0 aliphatic heterocycles. The van der Waals surface area contributed by atoms with Gasteiger partial charge in [-0.15, -0.1) is 0 Å². The fourth-order valence-corrected chi connectivity index (χ4v) is 1.64. The Morgan fingerprint density at radius 1 is 1.63 bits per heavy atom. The van der Waals surface area contributed by atoms with Crippen LogP contribution in [0.15, 0.2) is 18.5 Å². The number of nitrogens with zero attached hydrogens (tertiary/aromatic N) is 3. The molecule has 0 fully saturated rings. The van der Waals surface area contributed by atoms with Crippen molar-refractivity contribution in [3.8, 4) is 6.01 Å². The summed E-state index contributed by atoms with van der Waals surface area (Å²) in [6, 6.07) is 0.518. The van der Waals surface area contributed by atoms with Crippen molar-refractivity contribution in [2.24, 2.45) is 0 Å². The van der Waals surface area contributed by atoms with Crippen molar-refractivity contribution in [2.75, 3.05) is 13.3 Å². The molecule has 0 radical (unpaired) electrons. The quantitative estimate of drug-likeness (QED) is 0.610. The third-order valence-electron chi connectivity index (χ3n) is 2.85. The standard InChI is InChI=1S/C12H20BN3O2S/c1-10(16(3)13(2)17)6-5-7-11-8-14-12(15-9-11)18-19-4/h5,7-10,17H,6H2,1-4H3/t10-/m0/s1/i4T. The van der Waals surface area contributed by atoms with Gasteiger partial charge in [0.05, 0.1) is 12.0 Å². The van der Waals surface area contributed by atoms with E-state index in [2.05, 4.69) is 16.9 Å². The largest absolute Gasteiger partial charge is 0.437 e. The zero-order chi connectivity index (χ0) is 15.0. The first-order chi connectivity index (χ1) is 9.54. The normalized spacial score (nSPS) is 13.6. The van der Waals surface area contributed by atoms with Crippen molar-refractivity contribution in [1.29, 1.82) is 0 Å². The third kappa shape index (κ3) is 5.63. The van der Waals surface area contributed by atoms with E-state index in [0.29, 0.717) is 0 Å². The summed E-state index contributed by atoms with van der Waals surface area (Å²) in [5.41, 5.74) is 0.889. The van der Waals surface area contributed by atoms with Crippen LogP contribution in [-0.2, 0) is 0 Å². The molecule has 0 unspecified atom stereocenters. The van der Waals surface area contributed by atoms with Crippen LogP contribution in [0.5, 0.6) is 6.01 Å². The second kappa shape index (κ2) is 8.19. The lowest BCUT2D eigenvalue weighted by Gasteiger charge is -2.24. The predicted molar refractivity (Wildman–Crippen MR) is 80.9 cm³/mol. The molecule has 1 aromatic rings. The molecule has 0 aromatic carbocycles. The summed E-state index contributed by atoms with van der Waals surface area (Å²) in [4.78, 5) is 9.97. The fourth-order valence-electron chi connectivity index (χ4n) is 1.44. The second-order valence-electron chi connectivity index (χ2n) is 4.28. The topological polar surface area (TPSA) is 58.5 Å². The van der Waals surface area contributed by atoms with Crippen LogP contribution in [0.3, 0.4) is 0 Å². The summed E-state index contributed by atoms with van der Waals surface area (Å²) in [5.74, 6) is 0. The Bertz CT molecular complexity index is 420. The first-order valence-electron chi connectivity index (χ1n) is 6.72. The summed E-state index contributed by atoms with van der Waals surface area (Å²) in [6.45, 7) is 3.81. The second-order valence-corrected chi connectivity index (χ2v) is 4.69. The van der Waals surface area contributed by atoms with Crippen molar-refractivity contribution in [3.63, 3.8) is 0 Å². The Hall–Kier alpha value is -1.05. The van der Waals surface area contributed by atoms with Crippen LogP contribution >= 0.6 is 12.0 Å². The first-order valence-corrected chi connectivity index (χ1v) is 6.93. The van der Waals surface area contributed by atoms with Gasteiger partial charge in [-0.3, -0.25) is 0 Å². The van der Waals surface area contributed by atoms with Crippen LogP contribution in [-0.4, -0.2) is 46.2 Å². The highest BCUT2D eigenvalue weighted by Gasteiger charge is 2.15. The number of rotatable bonds is 7. The third-order valence-corrected chi connectivity index (χ3v) is 3.12. The number of hydrogen-bond donors (Lipinski definition) is 1. The molecule has 1 atom stereocenters. The van der Waals surface area contributed by atoms with Crippen molar-refractivity contribution >= 4 is 25.2 Å². The average molecular weight is 283 g/mol. The van der Waals surface area contributed by atoms with Gasteiger partial charge >= 0.3 is 13.1 Å². The molecule has 0 spiro atoms. The average Bonchev–Trinajstić information content (AvgIpc) is 2.45. The first kappa shape index (κ1) is 14.4. The van der Waals surface area contributed by atoms with Crippen LogP contribution in [0.2, 0.25) is 6.82 Å². The zero-order valence-corrected chi connectivity index (χ0v) is 12.3.